The highest BCUT2D eigenvalue weighted by atomic mass is 16.6. The van der Waals surface area contributed by atoms with Crippen LogP contribution in [0.3, 0.4) is 0 Å². The molecule has 0 radical (unpaired) electrons. The number of hydrogen-bond donors (Lipinski definition) is 1. The number of carboxylic acid groups (broad SMARTS) is 1. The molecule has 0 saturated carbocycles. The predicted octanol–water partition coefficient (Wildman–Crippen LogP) is 3.01. The molecule has 0 spiro atoms. The van der Waals surface area contributed by atoms with Gasteiger partial charge in [0.2, 0.25) is 0 Å². The molecule has 0 aliphatic carbocycles. The second-order valence-electron chi connectivity index (χ2n) is 5.42. The molecule has 1 N–H and O–H groups in total. The number of fused-ring (bicyclic) bond motifs is 1. The number of aryl methyl sites for hydroxylation is 1. The van der Waals surface area contributed by atoms with Crippen molar-refractivity contribution in [1.82, 2.24) is 9.55 Å². The third kappa shape index (κ3) is 3.24. The number of non-ortho nitro benzene ring substituents is 1. The summed E-state index contributed by atoms with van der Waals surface area (Å²) in [7, 11) is 0. The van der Waals surface area contributed by atoms with E-state index in [1.807, 2.05) is 34.9 Å². The maximum absolute atomic E-state index is 11.0. The van der Waals surface area contributed by atoms with Crippen LogP contribution in [0.4, 0.5) is 5.69 Å². The summed E-state index contributed by atoms with van der Waals surface area (Å²) in [6, 6.07) is 14.1. The highest BCUT2D eigenvalue weighted by molar-refractivity contribution is 5.79. The first kappa shape index (κ1) is 15.7. The van der Waals surface area contributed by atoms with Crippen molar-refractivity contribution < 1.29 is 14.8 Å². The molecule has 2 aromatic carbocycles. The van der Waals surface area contributed by atoms with Crippen LogP contribution in [0, 0.1) is 10.1 Å². The standard InChI is InChI=1S/C17H15N3O4/c21-17(22)9-8-16-18-14-7-6-13(20(23)24)10-15(14)19(16)11-12-4-2-1-3-5-12/h1-7,10H,8-9,11H2,(H,21,22). The topological polar surface area (TPSA) is 98.3 Å². The average Bonchev–Trinajstić information content (AvgIpc) is 2.91. The van der Waals surface area contributed by atoms with Crippen LogP contribution in [0.5, 0.6) is 0 Å². The van der Waals surface area contributed by atoms with Gasteiger partial charge in [-0.25, -0.2) is 4.98 Å². The van der Waals surface area contributed by atoms with Gasteiger partial charge >= 0.3 is 5.97 Å². The highest BCUT2D eigenvalue weighted by Gasteiger charge is 2.16. The average molecular weight is 325 g/mol. The third-order valence-corrected chi connectivity index (χ3v) is 3.77. The van der Waals surface area contributed by atoms with Crippen LogP contribution < -0.4 is 0 Å². The number of imidazole rings is 1. The fourth-order valence-electron chi connectivity index (χ4n) is 2.63. The van der Waals surface area contributed by atoms with E-state index in [1.54, 1.807) is 6.07 Å². The summed E-state index contributed by atoms with van der Waals surface area (Å²) in [6.07, 6.45) is 0.227. The number of hydrogen-bond acceptors (Lipinski definition) is 4. The first-order valence-corrected chi connectivity index (χ1v) is 7.44. The van der Waals surface area contributed by atoms with Gasteiger partial charge in [-0.3, -0.25) is 14.9 Å². The molecule has 0 saturated heterocycles. The van der Waals surface area contributed by atoms with E-state index in [0.717, 1.165) is 5.56 Å². The molecular weight excluding hydrogens is 310 g/mol. The molecule has 1 heterocycles. The monoisotopic (exact) mass is 325 g/mol. The number of aromatic nitrogens is 2. The van der Waals surface area contributed by atoms with E-state index in [4.69, 9.17) is 5.11 Å². The molecule has 1 aromatic heterocycles. The van der Waals surface area contributed by atoms with Gasteiger partial charge in [0.05, 0.1) is 22.4 Å². The largest absolute Gasteiger partial charge is 0.481 e. The lowest BCUT2D eigenvalue weighted by atomic mass is 10.2. The van der Waals surface area contributed by atoms with Crippen molar-refractivity contribution >= 4 is 22.7 Å². The zero-order chi connectivity index (χ0) is 17.1. The lowest BCUT2D eigenvalue weighted by Gasteiger charge is -2.09. The van der Waals surface area contributed by atoms with Gasteiger partial charge in [0.1, 0.15) is 5.82 Å². The van der Waals surface area contributed by atoms with Crippen LogP contribution in [0.25, 0.3) is 11.0 Å². The summed E-state index contributed by atoms with van der Waals surface area (Å²) in [5.74, 6) is -0.295. The highest BCUT2D eigenvalue weighted by Crippen LogP contribution is 2.24. The van der Waals surface area contributed by atoms with Crippen molar-refractivity contribution in [3.05, 3.63) is 70.0 Å². The Morgan fingerprint density at radius 2 is 1.96 bits per heavy atom. The quantitative estimate of drug-likeness (QED) is 0.555. The van der Waals surface area contributed by atoms with Gasteiger partial charge in [0.25, 0.3) is 5.69 Å². The Labute approximate surface area is 137 Å². The second-order valence-corrected chi connectivity index (χ2v) is 5.42. The molecule has 3 aromatic rings. The number of carbonyl (C=O) groups is 1. The fourth-order valence-corrected chi connectivity index (χ4v) is 2.63. The molecule has 0 amide bonds. The Morgan fingerprint density at radius 3 is 2.62 bits per heavy atom. The van der Waals surface area contributed by atoms with Gasteiger partial charge in [0.15, 0.2) is 0 Å². The smallest absolute Gasteiger partial charge is 0.303 e. The van der Waals surface area contributed by atoms with Gasteiger partial charge in [-0.15, -0.1) is 0 Å². The van der Waals surface area contributed by atoms with Crippen LogP contribution in [-0.2, 0) is 17.8 Å². The number of nitro benzene ring substituents is 1. The first-order valence-electron chi connectivity index (χ1n) is 7.44. The SMILES string of the molecule is O=C(O)CCc1nc2ccc([N+](=O)[O-])cc2n1Cc1ccccc1. The zero-order valence-electron chi connectivity index (χ0n) is 12.8. The van der Waals surface area contributed by atoms with E-state index in [9.17, 15) is 14.9 Å². The van der Waals surface area contributed by atoms with Crippen LogP contribution in [0.2, 0.25) is 0 Å². The van der Waals surface area contributed by atoms with Crippen molar-refractivity contribution in [2.45, 2.75) is 19.4 Å². The molecule has 0 fully saturated rings. The Morgan fingerprint density at radius 1 is 1.21 bits per heavy atom. The van der Waals surface area contributed by atoms with Crippen molar-refractivity contribution in [1.29, 1.82) is 0 Å². The maximum Gasteiger partial charge on any atom is 0.303 e. The summed E-state index contributed by atoms with van der Waals surface area (Å²) in [5.41, 5.74) is 2.26. The fraction of sp³-hybridized carbons (Fsp3) is 0.176. The molecule has 7 heteroatoms. The molecule has 0 unspecified atom stereocenters. The molecule has 0 atom stereocenters. The number of carboxylic acids is 1. The Balaban J connectivity index is 2.08. The van der Waals surface area contributed by atoms with Crippen LogP contribution in [-0.4, -0.2) is 25.6 Å². The van der Waals surface area contributed by atoms with Gasteiger partial charge in [-0.05, 0) is 11.6 Å². The van der Waals surface area contributed by atoms with E-state index in [2.05, 4.69) is 4.98 Å². The van der Waals surface area contributed by atoms with Crippen LogP contribution >= 0.6 is 0 Å². The number of nitrogens with zero attached hydrogens (tertiary/aromatic N) is 3. The van der Waals surface area contributed by atoms with Gasteiger partial charge < -0.3 is 9.67 Å². The predicted molar refractivity (Wildman–Crippen MR) is 87.9 cm³/mol. The minimum absolute atomic E-state index is 0.0125. The van der Waals surface area contributed by atoms with E-state index in [-0.39, 0.29) is 18.5 Å². The van der Waals surface area contributed by atoms with Crippen molar-refractivity contribution in [3.8, 4) is 0 Å². The molecule has 3 rings (SSSR count). The number of nitro groups is 1. The minimum Gasteiger partial charge on any atom is -0.481 e. The summed E-state index contributed by atoms with van der Waals surface area (Å²) in [4.78, 5) is 25.9. The van der Waals surface area contributed by atoms with E-state index >= 15 is 0 Å². The maximum atomic E-state index is 11.0. The minimum atomic E-state index is -0.903. The Hall–Kier alpha value is -3.22. The number of rotatable bonds is 6. The van der Waals surface area contributed by atoms with Crippen molar-refractivity contribution in [2.75, 3.05) is 0 Å². The van der Waals surface area contributed by atoms with Crippen molar-refractivity contribution in [2.24, 2.45) is 0 Å². The summed E-state index contributed by atoms with van der Waals surface area (Å²) >= 11 is 0. The zero-order valence-corrected chi connectivity index (χ0v) is 12.8. The molecule has 24 heavy (non-hydrogen) atoms. The normalized spacial score (nSPS) is 10.8. The van der Waals surface area contributed by atoms with Crippen LogP contribution in [0.1, 0.15) is 17.8 Å². The molecule has 7 nitrogen and oxygen atoms in total. The summed E-state index contributed by atoms with van der Waals surface area (Å²) < 4.78 is 1.85. The molecule has 0 aliphatic rings. The molecule has 0 bridgehead atoms. The molecule has 122 valence electrons. The van der Waals surface area contributed by atoms with Crippen LogP contribution in [0.15, 0.2) is 48.5 Å². The van der Waals surface area contributed by atoms with Gasteiger partial charge in [-0.1, -0.05) is 30.3 Å². The van der Waals surface area contributed by atoms with Gasteiger partial charge in [-0.2, -0.15) is 0 Å². The lowest BCUT2D eigenvalue weighted by Crippen LogP contribution is -2.07. The lowest BCUT2D eigenvalue weighted by molar-refractivity contribution is -0.384. The van der Waals surface area contributed by atoms with E-state index in [0.29, 0.717) is 23.4 Å². The number of aliphatic carboxylic acids is 1. The molecule has 0 aliphatic heterocycles. The summed E-state index contributed by atoms with van der Waals surface area (Å²) in [6.45, 7) is 0.480. The van der Waals surface area contributed by atoms with Crippen molar-refractivity contribution in [3.63, 3.8) is 0 Å². The Kier molecular flexibility index (Phi) is 4.24. The molecular formula is C17H15N3O4. The summed E-state index contributed by atoms with van der Waals surface area (Å²) in [5, 5.41) is 20.0. The van der Waals surface area contributed by atoms with E-state index in [1.165, 1.54) is 12.1 Å². The third-order valence-electron chi connectivity index (χ3n) is 3.77. The Bertz CT molecular complexity index is 903. The second kappa shape index (κ2) is 6.49. The number of benzene rings is 2. The first-order chi connectivity index (χ1) is 11.5. The van der Waals surface area contributed by atoms with Gasteiger partial charge in [0, 0.05) is 25.1 Å². The van der Waals surface area contributed by atoms with E-state index < -0.39 is 10.9 Å².